The van der Waals surface area contributed by atoms with Crippen molar-refractivity contribution < 1.29 is 4.74 Å². The van der Waals surface area contributed by atoms with Crippen LogP contribution in [0.5, 0.6) is 5.75 Å². The summed E-state index contributed by atoms with van der Waals surface area (Å²) in [5.41, 5.74) is 5.11. The topological polar surface area (TPSA) is 58.2 Å². The van der Waals surface area contributed by atoms with E-state index in [-0.39, 0.29) is 5.56 Å². The summed E-state index contributed by atoms with van der Waals surface area (Å²) in [5.74, 6) is 0.775. The van der Waals surface area contributed by atoms with Crippen LogP contribution in [-0.4, -0.2) is 17.1 Å². The van der Waals surface area contributed by atoms with E-state index in [9.17, 15) is 4.79 Å². The van der Waals surface area contributed by atoms with Crippen molar-refractivity contribution in [3.63, 3.8) is 0 Å². The van der Waals surface area contributed by atoms with E-state index in [0.29, 0.717) is 6.54 Å². The zero-order valence-corrected chi connectivity index (χ0v) is 14.5. The van der Waals surface area contributed by atoms with Gasteiger partial charge in [0.2, 0.25) is 5.56 Å². The van der Waals surface area contributed by atoms with Gasteiger partial charge in [-0.2, -0.15) is 0 Å². The van der Waals surface area contributed by atoms with Crippen molar-refractivity contribution in [3.05, 3.63) is 88.7 Å². The minimum atomic E-state index is -0.116. The highest BCUT2D eigenvalue weighted by atomic mass is 16.5. The molecule has 3 heterocycles. The van der Waals surface area contributed by atoms with Gasteiger partial charge in [0, 0.05) is 47.5 Å². The van der Waals surface area contributed by atoms with Crippen LogP contribution in [0.2, 0.25) is 0 Å². The van der Waals surface area contributed by atoms with Crippen LogP contribution >= 0.6 is 0 Å². The van der Waals surface area contributed by atoms with Crippen molar-refractivity contribution >= 4 is 5.69 Å². The third-order valence-corrected chi connectivity index (χ3v) is 4.49. The lowest BCUT2D eigenvalue weighted by atomic mass is 9.97. The highest BCUT2D eigenvalue weighted by Crippen LogP contribution is 2.38. The van der Waals surface area contributed by atoms with Gasteiger partial charge in [0.15, 0.2) is 0 Å². The zero-order valence-electron chi connectivity index (χ0n) is 14.5. The average Bonchev–Trinajstić information content (AvgIpc) is 2.69. The summed E-state index contributed by atoms with van der Waals surface area (Å²) in [6.07, 6.45) is 8.62. The number of anilines is 1. The van der Waals surface area contributed by atoms with Gasteiger partial charge < -0.3 is 14.6 Å². The molecule has 2 aromatic heterocycles. The number of benzene rings is 1. The molecule has 1 aromatic carbocycles. The lowest BCUT2D eigenvalue weighted by Gasteiger charge is -2.27. The number of hydrogen-bond acceptors (Lipinski definition) is 4. The Hall–Kier alpha value is -3.34. The molecular weight excluding hydrogens is 326 g/mol. The Labute approximate surface area is 151 Å². The number of pyridine rings is 2. The Kier molecular flexibility index (Phi) is 4.27. The maximum Gasteiger partial charge on any atom is 0.247 e. The number of nitrogens with zero attached hydrogens (tertiary/aromatic N) is 2. The van der Waals surface area contributed by atoms with Gasteiger partial charge in [0.05, 0.1) is 19.3 Å². The Morgan fingerprint density at radius 2 is 2.15 bits per heavy atom. The average molecular weight is 345 g/mol. The van der Waals surface area contributed by atoms with E-state index in [1.54, 1.807) is 13.3 Å². The summed E-state index contributed by atoms with van der Waals surface area (Å²) in [6, 6.07) is 13.5. The molecule has 130 valence electrons. The van der Waals surface area contributed by atoms with Crippen molar-refractivity contribution in [1.82, 2.24) is 9.97 Å². The number of aromatic nitrogens is 2. The van der Waals surface area contributed by atoms with Gasteiger partial charge in [-0.25, -0.2) is 0 Å². The Bertz CT molecular complexity index is 989. The van der Waals surface area contributed by atoms with Crippen LogP contribution in [-0.2, 0) is 13.0 Å². The van der Waals surface area contributed by atoms with Crippen LogP contribution in [0.1, 0.15) is 11.3 Å². The first kappa shape index (κ1) is 16.1. The van der Waals surface area contributed by atoms with E-state index in [1.165, 1.54) is 11.6 Å². The van der Waals surface area contributed by atoms with Gasteiger partial charge in [-0.3, -0.25) is 9.78 Å². The molecule has 0 spiro atoms. The minimum absolute atomic E-state index is 0.116. The molecule has 0 atom stereocenters. The molecule has 26 heavy (non-hydrogen) atoms. The van der Waals surface area contributed by atoms with Crippen LogP contribution in [0.15, 0.2) is 71.9 Å². The molecule has 0 fully saturated rings. The number of allylic oxidation sites excluding steroid dienone is 1. The van der Waals surface area contributed by atoms with Gasteiger partial charge in [-0.1, -0.05) is 12.1 Å². The third kappa shape index (κ3) is 3.11. The van der Waals surface area contributed by atoms with Crippen LogP contribution < -0.4 is 15.2 Å². The van der Waals surface area contributed by atoms with E-state index in [0.717, 1.165) is 34.7 Å². The highest BCUT2D eigenvalue weighted by Gasteiger charge is 2.18. The number of ether oxygens (including phenoxy) is 1. The predicted molar refractivity (Wildman–Crippen MR) is 102 cm³/mol. The number of fused-ring (bicyclic) bond motifs is 1. The lowest BCUT2D eigenvalue weighted by Crippen LogP contribution is -2.20. The first-order valence-corrected chi connectivity index (χ1v) is 8.48. The highest BCUT2D eigenvalue weighted by molar-refractivity contribution is 5.76. The first-order chi connectivity index (χ1) is 12.7. The third-order valence-electron chi connectivity index (χ3n) is 4.49. The summed E-state index contributed by atoms with van der Waals surface area (Å²) in [6.45, 7) is 0.700. The molecule has 1 aliphatic rings. The molecule has 0 saturated carbocycles. The molecule has 5 nitrogen and oxygen atoms in total. The van der Waals surface area contributed by atoms with Crippen LogP contribution in [0.25, 0.3) is 11.1 Å². The van der Waals surface area contributed by atoms with Gasteiger partial charge >= 0.3 is 0 Å². The standard InChI is InChI=1S/C21H19N3O2/c1-26-20-12-19-15(11-18(20)16-7-8-21(25)23-13-16)5-4-10-24(19)14-17-6-2-3-9-22-17/h2-4,6-13H,5,14H2,1H3,(H,23,25). The number of nitrogens with one attached hydrogen (secondary N) is 1. The Balaban J connectivity index is 1.74. The lowest BCUT2D eigenvalue weighted by molar-refractivity contribution is 0.416. The number of H-pyrrole nitrogens is 1. The number of methoxy groups -OCH3 is 1. The smallest absolute Gasteiger partial charge is 0.247 e. The van der Waals surface area contributed by atoms with E-state index in [2.05, 4.69) is 39.3 Å². The van der Waals surface area contributed by atoms with Crippen LogP contribution in [0.4, 0.5) is 5.69 Å². The largest absolute Gasteiger partial charge is 0.496 e. The molecule has 0 aliphatic carbocycles. The maximum absolute atomic E-state index is 11.3. The summed E-state index contributed by atoms with van der Waals surface area (Å²) in [4.78, 5) is 20.7. The SMILES string of the molecule is COc1cc2c(cc1-c1ccc(=O)[nH]c1)CC=CN2Cc1ccccn1. The fourth-order valence-corrected chi connectivity index (χ4v) is 3.21. The van der Waals surface area contributed by atoms with E-state index >= 15 is 0 Å². The molecular formula is C21H19N3O2. The van der Waals surface area contributed by atoms with Gasteiger partial charge in [0.25, 0.3) is 0 Å². The van der Waals surface area contributed by atoms with Crippen molar-refractivity contribution in [3.8, 4) is 16.9 Å². The molecule has 1 aliphatic heterocycles. The van der Waals surface area contributed by atoms with Gasteiger partial charge in [0.1, 0.15) is 5.75 Å². The van der Waals surface area contributed by atoms with Gasteiger partial charge in [-0.05, 0) is 36.2 Å². The number of rotatable bonds is 4. The van der Waals surface area contributed by atoms with E-state index in [4.69, 9.17) is 4.74 Å². The minimum Gasteiger partial charge on any atom is -0.496 e. The second-order valence-corrected chi connectivity index (χ2v) is 6.16. The van der Waals surface area contributed by atoms with Crippen molar-refractivity contribution in [1.29, 1.82) is 0 Å². The predicted octanol–water partition coefficient (Wildman–Crippen LogP) is 3.52. The second kappa shape index (κ2) is 6.88. The monoisotopic (exact) mass is 345 g/mol. The Morgan fingerprint density at radius 1 is 1.23 bits per heavy atom. The van der Waals surface area contributed by atoms with Gasteiger partial charge in [-0.15, -0.1) is 0 Å². The second-order valence-electron chi connectivity index (χ2n) is 6.16. The number of hydrogen-bond donors (Lipinski definition) is 1. The molecule has 0 unspecified atom stereocenters. The van der Waals surface area contributed by atoms with Crippen molar-refractivity contribution in [2.24, 2.45) is 0 Å². The molecule has 4 rings (SSSR count). The van der Waals surface area contributed by atoms with E-state index in [1.807, 2.05) is 30.5 Å². The zero-order chi connectivity index (χ0) is 17.9. The summed E-state index contributed by atoms with van der Waals surface area (Å²) in [5, 5.41) is 0. The summed E-state index contributed by atoms with van der Waals surface area (Å²) >= 11 is 0. The summed E-state index contributed by atoms with van der Waals surface area (Å²) in [7, 11) is 1.67. The summed E-state index contributed by atoms with van der Waals surface area (Å²) < 4.78 is 5.64. The Morgan fingerprint density at radius 3 is 2.88 bits per heavy atom. The maximum atomic E-state index is 11.3. The number of aromatic amines is 1. The van der Waals surface area contributed by atoms with Crippen LogP contribution in [0.3, 0.4) is 0 Å². The fraction of sp³-hybridized carbons (Fsp3) is 0.143. The fourth-order valence-electron chi connectivity index (χ4n) is 3.21. The molecule has 0 bridgehead atoms. The molecule has 5 heteroatoms. The molecule has 0 saturated heterocycles. The quantitative estimate of drug-likeness (QED) is 0.786. The van der Waals surface area contributed by atoms with Crippen molar-refractivity contribution in [2.75, 3.05) is 12.0 Å². The van der Waals surface area contributed by atoms with Crippen molar-refractivity contribution in [2.45, 2.75) is 13.0 Å². The molecule has 0 radical (unpaired) electrons. The first-order valence-electron chi connectivity index (χ1n) is 8.48. The molecule has 0 amide bonds. The van der Waals surface area contributed by atoms with Crippen LogP contribution in [0, 0.1) is 0 Å². The molecule has 1 N–H and O–H groups in total. The molecule has 3 aromatic rings. The van der Waals surface area contributed by atoms with E-state index < -0.39 is 0 Å². The normalized spacial score (nSPS) is 12.7.